The monoisotopic (exact) mass is 376 g/mol. The topological polar surface area (TPSA) is 32.3 Å². The number of nitrogens with zero attached hydrogens (tertiary/aromatic N) is 1. The van der Waals surface area contributed by atoms with Crippen LogP contribution in [0.15, 0.2) is 27.1 Å². The van der Waals surface area contributed by atoms with Crippen molar-refractivity contribution in [1.29, 1.82) is 0 Å². The first-order valence-corrected chi connectivity index (χ1v) is 7.58. The van der Waals surface area contributed by atoms with E-state index in [1.165, 1.54) is 0 Å². The van der Waals surface area contributed by atoms with Crippen molar-refractivity contribution in [3.05, 3.63) is 27.1 Å². The summed E-state index contributed by atoms with van der Waals surface area (Å²) in [5.41, 5.74) is 0.922. The van der Waals surface area contributed by atoms with E-state index in [2.05, 4.69) is 37.2 Å². The Morgan fingerprint density at radius 1 is 1.33 bits per heavy atom. The van der Waals surface area contributed by atoms with Crippen LogP contribution in [-0.4, -0.2) is 29.9 Å². The number of carbonyl (C=O) groups excluding carboxylic acids is 1. The van der Waals surface area contributed by atoms with Crippen molar-refractivity contribution in [3.63, 3.8) is 0 Å². The Hall–Kier alpha value is -0.550. The average molecular weight is 378 g/mol. The number of amides is 1. The van der Waals surface area contributed by atoms with E-state index >= 15 is 0 Å². The molecule has 18 heavy (non-hydrogen) atoms. The number of benzene rings is 1. The number of hydrogen-bond donors (Lipinski definition) is 1. The lowest BCUT2D eigenvalue weighted by molar-refractivity contribution is -0.131. The van der Waals surface area contributed by atoms with E-state index in [9.17, 15) is 4.79 Å². The van der Waals surface area contributed by atoms with Gasteiger partial charge in [0.2, 0.25) is 5.91 Å². The molecule has 3 nitrogen and oxygen atoms in total. The Kier molecular flexibility index (Phi) is 6.15. The van der Waals surface area contributed by atoms with Crippen molar-refractivity contribution < 1.29 is 4.79 Å². The van der Waals surface area contributed by atoms with E-state index in [0.717, 1.165) is 27.7 Å². The fourth-order valence-corrected chi connectivity index (χ4v) is 2.87. The van der Waals surface area contributed by atoms with Crippen LogP contribution in [0.3, 0.4) is 0 Å². The average Bonchev–Trinajstić information content (AvgIpc) is 2.34. The molecule has 0 aliphatic rings. The predicted molar refractivity (Wildman–Crippen MR) is 82.9 cm³/mol. The Balaban J connectivity index is 2.75. The van der Waals surface area contributed by atoms with Crippen LogP contribution < -0.4 is 5.32 Å². The third kappa shape index (κ3) is 3.99. The number of hydrogen-bond acceptors (Lipinski definition) is 2. The first-order chi connectivity index (χ1) is 8.49. The Morgan fingerprint density at radius 3 is 2.44 bits per heavy atom. The Bertz CT molecular complexity index is 419. The molecule has 5 heteroatoms. The van der Waals surface area contributed by atoms with Crippen molar-refractivity contribution in [2.24, 2.45) is 0 Å². The summed E-state index contributed by atoms with van der Waals surface area (Å²) in [6.07, 6.45) is 0. The van der Waals surface area contributed by atoms with Gasteiger partial charge in [0.15, 0.2) is 0 Å². The minimum Gasteiger partial charge on any atom is -0.373 e. The highest BCUT2D eigenvalue weighted by Gasteiger charge is 2.18. The molecule has 0 heterocycles. The quantitative estimate of drug-likeness (QED) is 0.844. The summed E-state index contributed by atoms with van der Waals surface area (Å²) in [5, 5.41) is 3.23. The molecule has 1 aromatic rings. The van der Waals surface area contributed by atoms with Crippen LogP contribution in [0.2, 0.25) is 0 Å². The highest BCUT2D eigenvalue weighted by atomic mass is 79.9. The SMILES string of the molecule is CCN(CC)C(=O)C(C)Nc1ccc(Br)cc1Br. The van der Waals surface area contributed by atoms with Crippen LogP contribution >= 0.6 is 31.9 Å². The number of halogens is 2. The van der Waals surface area contributed by atoms with Gasteiger partial charge in [0.25, 0.3) is 0 Å². The summed E-state index contributed by atoms with van der Waals surface area (Å²) in [5.74, 6) is 0.120. The minimum atomic E-state index is -0.234. The summed E-state index contributed by atoms with van der Waals surface area (Å²) in [6, 6.07) is 5.61. The van der Waals surface area contributed by atoms with Crippen molar-refractivity contribution in [3.8, 4) is 0 Å². The maximum Gasteiger partial charge on any atom is 0.244 e. The molecular weight excluding hydrogens is 360 g/mol. The summed E-state index contributed by atoms with van der Waals surface area (Å²) in [7, 11) is 0. The molecule has 1 amide bonds. The van der Waals surface area contributed by atoms with E-state index in [1.54, 1.807) is 0 Å². The molecule has 0 aliphatic heterocycles. The fourth-order valence-electron chi connectivity index (χ4n) is 1.71. The summed E-state index contributed by atoms with van der Waals surface area (Å²) >= 11 is 6.88. The van der Waals surface area contributed by atoms with Crippen LogP contribution in [0.5, 0.6) is 0 Å². The van der Waals surface area contributed by atoms with E-state index in [0.29, 0.717) is 0 Å². The van der Waals surface area contributed by atoms with Gasteiger partial charge in [0, 0.05) is 27.7 Å². The zero-order chi connectivity index (χ0) is 13.7. The second-order valence-corrected chi connectivity index (χ2v) is 5.77. The van der Waals surface area contributed by atoms with Crippen molar-refractivity contribution >= 4 is 43.5 Å². The van der Waals surface area contributed by atoms with Gasteiger partial charge in [-0.15, -0.1) is 0 Å². The zero-order valence-corrected chi connectivity index (χ0v) is 14.0. The van der Waals surface area contributed by atoms with Crippen LogP contribution in [-0.2, 0) is 4.79 Å². The van der Waals surface area contributed by atoms with Crippen LogP contribution in [0.25, 0.3) is 0 Å². The number of nitrogens with one attached hydrogen (secondary N) is 1. The summed E-state index contributed by atoms with van der Waals surface area (Å²) in [6.45, 7) is 7.34. The van der Waals surface area contributed by atoms with Crippen LogP contribution in [0, 0.1) is 0 Å². The number of rotatable bonds is 5. The first kappa shape index (κ1) is 15.5. The van der Waals surface area contributed by atoms with Gasteiger partial charge in [-0.05, 0) is 54.9 Å². The normalized spacial score (nSPS) is 12.1. The molecule has 0 saturated heterocycles. The van der Waals surface area contributed by atoms with E-state index in [-0.39, 0.29) is 11.9 Å². The van der Waals surface area contributed by atoms with Crippen molar-refractivity contribution in [1.82, 2.24) is 4.90 Å². The van der Waals surface area contributed by atoms with Gasteiger partial charge in [-0.25, -0.2) is 0 Å². The molecule has 0 bridgehead atoms. The van der Waals surface area contributed by atoms with E-state index in [4.69, 9.17) is 0 Å². The Morgan fingerprint density at radius 2 is 1.94 bits per heavy atom. The molecule has 0 aliphatic carbocycles. The molecule has 0 spiro atoms. The lowest BCUT2D eigenvalue weighted by Crippen LogP contribution is -2.41. The second kappa shape index (κ2) is 7.14. The van der Waals surface area contributed by atoms with Gasteiger partial charge >= 0.3 is 0 Å². The molecule has 100 valence electrons. The fraction of sp³-hybridized carbons (Fsp3) is 0.462. The Labute approximate surface area is 125 Å². The lowest BCUT2D eigenvalue weighted by Gasteiger charge is -2.24. The maximum absolute atomic E-state index is 12.1. The standard InChI is InChI=1S/C13H18Br2N2O/c1-4-17(5-2)13(18)9(3)16-12-7-6-10(14)8-11(12)15/h6-9,16H,4-5H2,1-3H3. The second-order valence-electron chi connectivity index (χ2n) is 4.00. The number of anilines is 1. The van der Waals surface area contributed by atoms with Crippen molar-refractivity contribution in [2.75, 3.05) is 18.4 Å². The van der Waals surface area contributed by atoms with Gasteiger partial charge < -0.3 is 10.2 Å². The molecule has 1 rings (SSSR count). The van der Waals surface area contributed by atoms with Gasteiger partial charge in [-0.1, -0.05) is 15.9 Å². The van der Waals surface area contributed by atoms with E-state index < -0.39 is 0 Å². The lowest BCUT2D eigenvalue weighted by atomic mass is 10.2. The largest absolute Gasteiger partial charge is 0.373 e. The molecule has 1 N–H and O–H groups in total. The van der Waals surface area contributed by atoms with Crippen molar-refractivity contribution in [2.45, 2.75) is 26.8 Å². The minimum absolute atomic E-state index is 0.120. The molecular formula is C13H18Br2N2O. The number of carbonyl (C=O) groups is 1. The van der Waals surface area contributed by atoms with Gasteiger partial charge in [-0.2, -0.15) is 0 Å². The molecule has 0 saturated carbocycles. The zero-order valence-electron chi connectivity index (χ0n) is 10.8. The van der Waals surface area contributed by atoms with Gasteiger partial charge in [-0.3, -0.25) is 4.79 Å². The highest BCUT2D eigenvalue weighted by Crippen LogP contribution is 2.26. The maximum atomic E-state index is 12.1. The van der Waals surface area contributed by atoms with E-state index in [1.807, 2.05) is 43.9 Å². The van der Waals surface area contributed by atoms with Gasteiger partial charge in [0.05, 0.1) is 0 Å². The third-order valence-electron chi connectivity index (χ3n) is 2.75. The summed E-state index contributed by atoms with van der Waals surface area (Å²) < 4.78 is 1.94. The summed E-state index contributed by atoms with van der Waals surface area (Å²) in [4.78, 5) is 14.0. The molecule has 0 aromatic heterocycles. The highest BCUT2D eigenvalue weighted by molar-refractivity contribution is 9.11. The molecule has 1 atom stereocenters. The first-order valence-electron chi connectivity index (χ1n) is 6.00. The predicted octanol–water partition coefficient (Wildman–Crippen LogP) is 3.88. The molecule has 1 aromatic carbocycles. The molecule has 0 radical (unpaired) electrons. The van der Waals surface area contributed by atoms with Crippen LogP contribution in [0.4, 0.5) is 5.69 Å². The molecule has 0 fully saturated rings. The van der Waals surface area contributed by atoms with Crippen LogP contribution in [0.1, 0.15) is 20.8 Å². The number of likely N-dealkylation sites (N-methyl/N-ethyl adjacent to an activating group) is 1. The van der Waals surface area contributed by atoms with Gasteiger partial charge in [0.1, 0.15) is 6.04 Å². The third-order valence-corrected chi connectivity index (χ3v) is 3.90. The molecule has 1 unspecified atom stereocenters. The smallest absolute Gasteiger partial charge is 0.244 e.